The van der Waals surface area contributed by atoms with Crippen LogP contribution in [0.5, 0.6) is 0 Å². The Hall–Kier alpha value is -1.69. The third-order valence-corrected chi connectivity index (χ3v) is 10.6. The molecule has 6 unspecified atom stereocenters. The Morgan fingerprint density at radius 3 is 2.44 bits per heavy atom. The number of fused-ring (bicyclic) bond motifs is 5. The van der Waals surface area contributed by atoms with Gasteiger partial charge in [0, 0.05) is 5.57 Å². The average Bonchev–Trinajstić information content (AvgIpc) is 2.76. The maximum atomic E-state index is 14.0. The summed E-state index contributed by atoms with van der Waals surface area (Å²) in [6.07, 6.45) is 5.08. The van der Waals surface area contributed by atoms with Gasteiger partial charge in [-0.2, -0.15) is 0 Å². The number of carbonyl (C=O) groups is 3. The molecule has 0 saturated heterocycles. The number of carboxylic acids is 1. The van der Waals surface area contributed by atoms with E-state index in [0.29, 0.717) is 6.54 Å². The highest BCUT2D eigenvalue weighted by atomic mass is 16.4. The number of nitrogens with zero attached hydrogens (tertiary/aromatic N) is 2. The molecule has 4 aliphatic rings. The molecule has 0 spiro atoms. The molecule has 6 heteroatoms. The van der Waals surface area contributed by atoms with Crippen molar-refractivity contribution >= 4 is 17.8 Å². The van der Waals surface area contributed by atoms with E-state index in [2.05, 4.69) is 41.8 Å². The van der Waals surface area contributed by atoms with Gasteiger partial charge < -0.3 is 9.59 Å². The van der Waals surface area contributed by atoms with E-state index in [9.17, 15) is 19.5 Å². The van der Waals surface area contributed by atoms with Gasteiger partial charge in [0.2, 0.25) is 5.91 Å². The number of hydrogen-bond acceptors (Lipinski definition) is 3. The summed E-state index contributed by atoms with van der Waals surface area (Å²) in [5, 5.41) is 10.2. The Morgan fingerprint density at radius 2 is 1.85 bits per heavy atom. The minimum absolute atomic E-state index is 0.0190. The highest BCUT2D eigenvalue weighted by Gasteiger charge is 2.63. The summed E-state index contributed by atoms with van der Waals surface area (Å²) in [6.45, 7) is 12.8. The van der Waals surface area contributed by atoms with E-state index in [1.54, 1.807) is 4.90 Å². The topological polar surface area (TPSA) is 74.7 Å². The maximum Gasteiger partial charge on any atom is 0.309 e. The van der Waals surface area contributed by atoms with Crippen molar-refractivity contribution in [3.8, 4) is 0 Å². The van der Waals surface area contributed by atoms with Crippen LogP contribution in [0.4, 0.5) is 0 Å². The molecule has 34 heavy (non-hydrogen) atoms. The number of amides is 2. The van der Waals surface area contributed by atoms with Crippen LogP contribution in [0, 0.1) is 40.4 Å². The molecule has 4 rings (SSSR count). The van der Waals surface area contributed by atoms with Gasteiger partial charge >= 0.3 is 5.97 Å². The molecule has 2 amide bonds. The van der Waals surface area contributed by atoms with Gasteiger partial charge in [0.25, 0.3) is 5.91 Å². The highest BCUT2D eigenvalue weighted by molar-refractivity contribution is 6.10. The monoisotopic (exact) mass is 473 g/mol. The minimum atomic E-state index is -0.719. The third kappa shape index (κ3) is 3.66. The quantitative estimate of drug-likeness (QED) is 0.460. The van der Waals surface area contributed by atoms with Crippen molar-refractivity contribution in [2.45, 2.75) is 73.1 Å². The van der Waals surface area contributed by atoms with E-state index in [1.807, 2.05) is 6.92 Å². The van der Waals surface area contributed by atoms with E-state index < -0.39 is 11.4 Å². The molecule has 1 aliphatic heterocycles. The summed E-state index contributed by atoms with van der Waals surface area (Å²) >= 11 is 0. The predicted molar refractivity (Wildman–Crippen MR) is 132 cm³/mol. The van der Waals surface area contributed by atoms with Crippen molar-refractivity contribution in [1.29, 1.82) is 0 Å². The first kappa shape index (κ1) is 25.4. The first-order valence-electron chi connectivity index (χ1n) is 13.4. The van der Waals surface area contributed by atoms with Crippen LogP contribution in [0.1, 0.15) is 73.1 Å². The van der Waals surface area contributed by atoms with Crippen LogP contribution >= 0.6 is 0 Å². The number of rotatable bonds is 6. The standard InChI is InChI=1S/C28H44N2O4/c1-8-30(6,7)15-14-29-24(31)19-16-20-18(23(25(29)32)22(19)17(2)3)10-11-21-27(20,4)12-9-13-28(21,5)26(33)34/h17-21H,8-16H2,1-7H3/p+1. The van der Waals surface area contributed by atoms with Gasteiger partial charge in [-0.25, -0.2) is 0 Å². The van der Waals surface area contributed by atoms with E-state index in [4.69, 9.17) is 0 Å². The third-order valence-electron chi connectivity index (χ3n) is 10.6. The fraction of sp³-hybridized carbons (Fsp3) is 0.821. The lowest BCUT2D eigenvalue weighted by atomic mass is 9.42. The van der Waals surface area contributed by atoms with E-state index in [1.165, 1.54) is 0 Å². The second kappa shape index (κ2) is 8.46. The van der Waals surface area contributed by atoms with Gasteiger partial charge in [-0.05, 0) is 80.6 Å². The van der Waals surface area contributed by atoms with Gasteiger partial charge in [-0.1, -0.05) is 27.2 Å². The molecule has 2 fully saturated rings. The predicted octanol–water partition coefficient (Wildman–Crippen LogP) is 4.35. The normalized spacial score (nSPS) is 38.2. The molecule has 3 aliphatic carbocycles. The second-order valence-corrected chi connectivity index (χ2v) is 13.0. The molecule has 190 valence electrons. The fourth-order valence-corrected chi connectivity index (χ4v) is 8.23. The van der Waals surface area contributed by atoms with Crippen LogP contribution in [0.15, 0.2) is 11.1 Å². The zero-order chi connectivity index (χ0) is 25.2. The molecule has 6 atom stereocenters. The molecule has 0 aromatic heterocycles. The molecule has 2 saturated carbocycles. The number of carboxylic acid groups (broad SMARTS) is 1. The van der Waals surface area contributed by atoms with Crippen LogP contribution in [0.25, 0.3) is 0 Å². The van der Waals surface area contributed by atoms with E-state index in [0.717, 1.165) is 67.2 Å². The Bertz CT molecular complexity index is 921. The van der Waals surface area contributed by atoms with Gasteiger partial charge in [0.1, 0.15) is 0 Å². The first-order valence-corrected chi connectivity index (χ1v) is 13.4. The zero-order valence-corrected chi connectivity index (χ0v) is 22.3. The minimum Gasteiger partial charge on any atom is -0.481 e. The van der Waals surface area contributed by atoms with E-state index in [-0.39, 0.29) is 46.8 Å². The number of quaternary nitrogens is 1. The Morgan fingerprint density at radius 1 is 1.18 bits per heavy atom. The molecule has 1 heterocycles. The lowest BCUT2D eigenvalue weighted by Gasteiger charge is -2.61. The lowest BCUT2D eigenvalue weighted by Crippen LogP contribution is -2.61. The van der Waals surface area contributed by atoms with Crippen LogP contribution < -0.4 is 0 Å². The lowest BCUT2D eigenvalue weighted by molar-refractivity contribution is -0.887. The molecular weight excluding hydrogens is 428 g/mol. The van der Waals surface area contributed by atoms with Crippen molar-refractivity contribution in [2.75, 3.05) is 33.7 Å². The second-order valence-electron chi connectivity index (χ2n) is 13.0. The number of likely N-dealkylation sites (N-methyl/N-ethyl adjacent to an activating group) is 1. The smallest absolute Gasteiger partial charge is 0.309 e. The zero-order valence-electron chi connectivity index (χ0n) is 22.3. The molecule has 0 radical (unpaired) electrons. The average molecular weight is 474 g/mol. The number of aliphatic carboxylic acids is 1. The number of imide groups is 1. The van der Waals surface area contributed by atoms with Crippen LogP contribution in [-0.2, 0) is 14.4 Å². The summed E-state index contributed by atoms with van der Waals surface area (Å²) in [6, 6.07) is 0. The molecule has 2 bridgehead atoms. The summed E-state index contributed by atoms with van der Waals surface area (Å²) in [5.41, 5.74) is 1.13. The van der Waals surface area contributed by atoms with Crippen molar-refractivity contribution in [3.63, 3.8) is 0 Å². The van der Waals surface area contributed by atoms with Gasteiger partial charge in [0.15, 0.2) is 0 Å². The van der Waals surface area contributed by atoms with Gasteiger partial charge in [0.05, 0.1) is 45.1 Å². The van der Waals surface area contributed by atoms with Crippen molar-refractivity contribution < 1.29 is 24.0 Å². The summed E-state index contributed by atoms with van der Waals surface area (Å²) in [7, 11) is 4.28. The molecule has 1 N–H and O–H groups in total. The van der Waals surface area contributed by atoms with Crippen molar-refractivity contribution in [3.05, 3.63) is 11.1 Å². The molecule has 6 nitrogen and oxygen atoms in total. The molecule has 0 aromatic carbocycles. The SMILES string of the molecule is CC[N+](C)(C)CCN1C(=O)C2=C(C(C)C)C(CC3C2CCC2C(C)(C(=O)O)CCCC32C)C1=O. The van der Waals surface area contributed by atoms with Crippen LogP contribution in [0.2, 0.25) is 0 Å². The van der Waals surface area contributed by atoms with Crippen LogP contribution in [-0.4, -0.2) is 66.0 Å². The van der Waals surface area contributed by atoms with E-state index >= 15 is 0 Å². The fourth-order valence-electron chi connectivity index (χ4n) is 8.23. The summed E-state index contributed by atoms with van der Waals surface area (Å²) in [4.78, 5) is 41.7. The number of hydrogen-bond donors (Lipinski definition) is 1. The Labute approximate surface area is 205 Å². The highest BCUT2D eigenvalue weighted by Crippen LogP contribution is 2.66. The Balaban J connectivity index is 1.73. The van der Waals surface area contributed by atoms with Crippen molar-refractivity contribution in [2.24, 2.45) is 40.4 Å². The summed E-state index contributed by atoms with van der Waals surface area (Å²) in [5.74, 6) is -0.397. The molecular formula is C28H45N2O4+. The number of likely N-dealkylation sites (tertiary alicyclic amines) is 1. The van der Waals surface area contributed by atoms with Crippen LogP contribution in [0.3, 0.4) is 0 Å². The maximum absolute atomic E-state index is 14.0. The molecule has 0 aromatic rings. The van der Waals surface area contributed by atoms with Gasteiger partial charge in [-0.3, -0.25) is 19.3 Å². The van der Waals surface area contributed by atoms with Gasteiger partial charge in [-0.15, -0.1) is 0 Å². The summed E-state index contributed by atoms with van der Waals surface area (Å²) < 4.78 is 0.775. The van der Waals surface area contributed by atoms with Crippen molar-refractivity contribution in [1.82, 2.24) is 4.90 Å². The Kier molecular flexibility index (Phi) is 6.32. The first-order chi connectivity index (χ1) is 15.8. The largest absolute Gasteiger partial charge is 0.481 e. The number of carbonyl (C=O) groups excluding carboxylic acids is 2.